The van der Waals surface area contributed by atoms with Gasteiger partial charge in [0.15, 0.2) is 0 Å². The maximum Gasteiger partial charge on any atom is 0.248 e. The fraction of sp³-hybridized carbons (Fsp3) is 0.200. The summed E-state index contributed by atoms with van der Waals surface area (Å²) in [5, 5.41) is 16.4. The van der Waals surface area contributed by atoms with E-state index in [0.29, 0.717) is 6.54 Å². The molecule has 0 amide bonds. The zero-order valence-electron chi connectivity index (χ0n) is 15.4. The van der Waals surface area contributed by atoms with Crippen molar-refractivity contribution in [3.8, 4) is 11.3 Å². The summed E-state index contributed by atoms with van der Waals surface area (Å²) in [6, 6.07) is 3.58. The molecular weight excluding hydrogens is 354 g/mol. The van der Waals surface area contributed by atoms with E-state index in [0.717, 1.165) is 57.6 Å². The number of pyridine rings is 2. The molecule has 140 valence electrons. The monoisotopic (exact) mass is 373 g/mol. The van der Waals surface area contributed by atoms with Crippen LogP contribution in [0.5, 0.6) is 0 Å². The normalized spacial score (nSPS) is 15.2. The van der Waals surface area contributed by atoms with Crippen molar-refractivity contribution >= 4 is 23.1 Å². The number of nitrogens with zero attached hydrogens (tertiary/aromatic N) is 4. The van der Waals surface area contributed by atoms with Crippen LogP contribution in [-0.2, 0) is 20.0 Å². The number of aryl methyl sites for hydroxylation is 1. The zero-order chi connectivity index (χ0) is 19.1. The summed E-state index contributed by atoms with van der Waals surface area (Å²) in [5.41, 5.74) is 6.22. The van der Waals surface area contributed by atoms with Gasteiger partial charge in [-0.15, -0.1) is 0 Å². The SMILES string of the molecule is Cn1cc2c(n1)CCNCc1c[nH]c(=O)cc1-c1cc3c(n[nH]c3cn1)/C=C/2. The standard InChI is InChI=1S/C20H19N7O/c1-27-11-12-2-3-17-15-6-18(22-10-19(15)25-24-17)14-7-20(28)23-9-13(14)8-21-5-4-16(12)26-27/h2-3,6-7,9-11,21H,4-5,8H2,1H3,(H,23,28)(H,24,25)/b3-2+. The Morgan fingerprint density at radius 2 is 2.14 bits per heavy atom. The second kappa shape index (κ2) is 6.58. The van der Waals surface area contributed by atoms with Crippen LogP contribution in [0.4, 0.5) is 0 Å². The van der Waals surface area contributed by atoms with Gasteiger partial charge in [-0.05, 0) is 23.8 Å². The van der Waals surface area contributed by atoms with E-state index < -0.39 is 0 Å². The molecule has 5 heterocycles. The van der Waals surface area contributed by atoms with Crippen LogP contribution in [0.3, 0.4) is 0 Å². The van der Waals surface area contributed by atoms with Gasteiger partial charge in [0.1, 0.15) is 0 Å². The van der Waals surface area contributed by atoms with Gasteiger partial charge in [-0.3, -0.25) is 19.6 Å². The molecule has 28 heavy (non-hydrogen) atoms. The highest BCUT2D eigenvalue weighted by molar-refractivity contribution is 5.91. The third-order valence-corrected chi connectivity index (χ3v) is 4.98. The third kappa shape index (κ3) is 2.93. The maximum atomic E-state index is 11.9. The second-order valence-corrected chi connectivity index (χ2v) is 6.93. The number of rotatable bonds is 0. The molecule has 0 saturated heterocycles. The summed E-state index contributed by atoms with van der Waals surface area (Å²) in [5.74, 6) is 0. The summed E-state index contributed by atoms with van der Waals surface area (Å²) in [7, 11) is 1.93. The summed E-state index contributed by atoms with van der Waals surface area (Å²) in [6.45, 7) is 1.40. The second-order valence-electron chi connectivity index (χ2n) is 6.93. The lowest BCUT2D eigenvalue weighted by molar-refractivity contribution is 0.664. The first-order chi connectivity index (χ1) is 13.7. The smallest absolute Gasteiger partial charge is 0.248 e. The minimum atomic E-state index is -0.146. The molecule has 0 aliphatic carbocycles. The Labute approximate surface area is 160 Å². The molecule has 4 aromatic heterocycles. The average molecular weight is 373 g/mol. The Balaban J connectivity index is 1.70. The largest absolute Gasteiger partial charge is 0.329 e. The van der Waals surface area contributed by atoms with Crippen LogP contribution < -0.4 is 10.9 Å². The lowest BCUT2D eigenvalue weighted by atomic mass is 10.0. The van der Waals surface area contributed by atoms with Crippen molar-refractivity contribution < 1.29 is 0 Å². The fourth-order valence-corrected chi connectivity index (χ4v) is 3.58. The number of hydrogen-bond acceptors (Lipinski definition) is 5. The van der Waals surface area contributed by atoms with Crippen LogP contribution in [0, 0.1) is 0 Å². The lowest BCUT2D eigenvalue weighted by Gasteiger charge is -2.10. The quantitative estimate of drug-likeness (QED) is 0.436. The van der Waals surface area contributed by atoms with Gasteiger partial charge in [-0.25, -0.2) is 0 Å². The first-order valence-electron chi connectivity index (χ1n) is 9.15. The van der Waals surface area contributed by atoms with Crippen LogP contribution in [0.2, 0.25) is 0 Å². The predicted octanol–water partition coefficient (Wildman–Crippen LogP) is 1.86. The van der Waals surface area contributed by atoms with Crippen molar-refractivity contribution in [2.24, 2.45) is 7.05 Å². The highest BCUT2D eigenvalue weighted by atomic mass is 16.1. The lowest BCUT2D eigenvalue weighted by Crippen LogP contribution is -2.19. The Morgan fingerprint density at radius 3 is 3.07 bits per heavy atom. The van der Waals surface area contributed by atoms with E-state index in [1.807, 2.05) is 36.1 Å². The van der Waals surface area contributed by atoms with Gasteiger partial charge in [0, 0.05) is 61.5 Å². The van der Waals surface area contributed by atoms with Crippen LogP contribution in [0.25, 0.3) is 34.3 Å². The van der Waals surface area contributed by atoms with Gasteiger partial charge in [0.25, 0.3) is 0 Å². The summed E-state index contributed by atoms with van der Waals surface area (Å²) >= 11 is 0. The first kappa shape index (κ1) is 16.6. The molecule has 0 spiro atoms. The minimum Gasteiger partial charge on any atom is -0.329 e. The van der Waals surface area contributed by atoms with E-state index in [4.69, 9.17) is 0 Å². The van der Waals surface area contributed by atoms with Crippen LogP contribution in [-0.4, -0.2) is 36.5 Å². The number of hydrogen-bond donors (Lipinski definition) is 3. The number of aromatic amines is 2. The Bertz CT molecular complexity index is 1260. The Morgan fingerprint density at radius 1 is 1.21 bits per heavy atom. The van der Waals surface area contributed by atoms with Gasteiger partial charge in [-0.1, -0.05) is 0 Å². The predicted molar refractivity (Wildman–Crippen MR) is 107 cm³/mol. The van der Waals surface area contributed by atoms with Gasteiger partial charge < -0.3 is 10.3 Å². The van der Waals surface area contributed by atoms with E-state index in [-0.39, 0.29) is 5.56 Å². The van der Waals surface area contributed by atoms with Gasteiger partial charge in [-0.2, -0.15) is 10.2 Å². The summed E-state index contributed by atoms with van der Waals surface area (Å²) < 4.78 is 1.83. The number of fused-ring (bicyclic) bond motifs is 4. The van der Waals surface area contributed by atoms with E-state index in [1.165, 1.54) is 0 Å². The van der Waals surface area contributed by atoms with Crippen LogP contribution in [0.1, 0.15) is 22.5 Å². The first-order valence-corrected chi connectivity index (χ1v) is 9.15. The van der Waals surface area contributed by atoms with Crippen molar-refractivity contribution in [2.45, 2.75) is 13.0 Å². The Hall–Kier alpha value is -3.52. The molecule has 5 rings (SSSR count). The van der Waals surface area contributed by atoms with E-state index >= 15 is 0 Å². The molecule has 2 bridgehead atoms. The molecule has 0 fully saturated rings. The van der Waals surface area contributed by atoms with Crippen molar-refractivity contribution in [3.63, 3.8) is 0 Å². The molecule has 8 nitrogen and oxygen atoms in total. The molecule has 1 aliphatic heterocycles. The number of aromatic nitrogens is 6. The summed E-state index contributed by atoms with van der Waals surface area (Å²) in [4.78, 5) is 19.2. The van der Waals surface area contributed by atoms with Crippen molar-refractivity contribution in [1.29, 1.82) is 0 Å². The van der Waals surface area contributed by atoms with Crippen molar-refractivity contribution in [2.75, 3.05) is 6.54 Å². The van der Waals surface area contributed by atoms with Gasteiger partial charge in [0.05, 0.1) is 28.8 Å². The molecule has 0 aromatic carbocycles. The molecule has 0 radical (unpaired) electrons. The maximum absolute atomic E-state index is 11.9. The minimum absolute atomic E-state index is 0.146. The van der Waals surface area contributed by atoms with E-state index in [2.05, 4.69) is 30.6 Å². The Kier molecular flexibility index (Phi) is 3.91. The summed E-state index contributed by atoms with van der Waals surface area (Å²) in [6.07, 6.45) is 10.4. The highest BCUT2D eigenvalue weighted by Crippen LogP contribution is 2.26. The fourth-order valence-electron chi connectivity index (χ4n) is 3.58. The number of H-pyrrole nitrogens is 2. The van der Waals surface area contributed by atoms with Crippen LogP contribution >= 0.6 is 0 Å². The molecule has 3 N–H and O–H groups in total. The average Bonchev–Trinajstić information content (AvgIpc) is 3.26. The van der Waals surface area contributed by atoms with E-state index in [9.17, 15) is 4.79 Å². The highest BCUT2D eigenvalue weighted by Gasteiger charge is 2.13. The topological polar surface area (TPSA) is 104 Å². The molecule has 0 saturated carbocycles. The van der Waals surface area contributed by atoms with Gasteiger partial charge >= 0.3 is 0 Å². The van der Waals surface area contributed by atoms with Crippen molar-refractivity contribution in [3.05, 3.63) is 63.6 Å². The molecule has 8 heteroatoms. The van der Waals surface area contributed by atoms with Crippen molar-refractivity contribution in [1.82, 2.24) is 35.3 Å². The molecule has 1 aliphatic rings. The zero-order valence-corrected chi connectivity index (χ0v) is 15.4. The molecular formula is C20H19N7O. The molecule has 0 unspecified atom stereocenters. The molecule has 4 aromatic rings. The van der Waals surface area contributed by atoms with E-state index in [1.54, 1.807) is 18.5 Å². The molecule has 0 atom stereocenters. The number of nitrogens with one attached hydrogen (secondary N) is 3. The van der Waals surface area contributed by atoms with Crippen LogP contribution in [0.15, 0.2) is 35.5 Å². The van der Waals surface area contributed by atoms with Gasteiger partial charge in [0.2, 0.25) is 5.56 Å². The third-order valence-electron chi connectivity index (χ3n) is 4.98.